The average Bonchev–Trinajstić information content (AvgIpc) is 3.13. The van der Waals surface area contributed by atoms with Crippen LogP contribution in [0.2, 0.25) is 0 Å². The van der Waals surface area contributed by atoms with Crippen LogP contribution >= 0.6 is 24.0 Å². The number of benzene rings is 1. The quantitative estimate of drug-likeness (QED) is 0.293. The molecular weight excluding hydrogens is 453 g/mol. The minimum absolute atomic E-state index is 0. The number of aryl methyl sites for hydroxylation is 1. The zero-order valence-corrected chi connectivity index (χ0v) is 18.8. The number of hydrogen-bond acceptors (Lipinski definition) is 4. The van der Waals surface area contributed by atoms with E-state index in [2.05, 4.69) is 65.4 Å². The van der Waals surface area contributed by atoms with Gasteiger partial charge in [-0.1, -0.05) is 43.3 Å². The molecule has 0 spiro atoms. The molecule has 1 aliphatic rings. The van der Waals surface area contributed by atoms with Gasteiger partial charge >= 0.3 is 0 Å². The second kappa shape index (κ2) is 10.6. The lowest BCUT2D eigenvalue weighted by atomic mass is 10.0. The van der Waals surface area contributed by atoms with Gasteiger partial charge < -0.3 is 14.7 Å². The fourth-order valence-electron chi connectivity index (χ4n) is 3.12. The zero-order valence-electron chi connectivity index (χ0n) is 16.4. The molecule has 0 aliphatic carbocycles. The second-order valence-corrected chi connectivity index (χ2v) is 6.98. The van der Waals surface area contributed by atoms with E-state index in [-0.39, 0.29) is 24.0 Å². The van der Waals surface area contributed by atoms with Gasteiger partial charge in [0.1, 0.15) is 0 Å². The molecule has 0 fully saturated rings. The van der Waals surface area contributed by atoms with Crippen LogP contribution in [0.1, 0.15) is 56.0 Å². The van der Waals surface area contributed by atoms with Crippen LogP contribution in [-0.2, 0) is 19.4 Å². The number of halogens is 1. The van der Waals surface area contributed by atoms with Crippen LogP contribution in [0.4, 0.5) is 0 Å². The fourth-order valence-corrected chi connectivity index (χ4v) is 3.12. The number of aromatic nitrogens is 2. The SMILES string of the molecule is CCNC(=NCCCc1nc(C(C)C)no1)N1CCc2ccccc2C1.I. The standard InChI is InChI=1S/C20H29N5O.HI/c1-4-21-20(25-13-11-16-8-5-6-9-17(16)14-25)22-12-7-10-18-23-19(15(2)3)24-26-18;/h5-6,8-9,15H,4,7,10-14H2,1-3H3,(H,21,22);1H. The molecule has 1 aliphatic heterocycles. The maximum absolute atomic E-state index is 5.30. The third-order valence-electron chi connectivity index (χ3n) is 4.58. The summed E-state index contributed by atoms with van der Waals surface area (Å²) in [7, 11) is 0. The van der Waals surface area contributed by atoms with Crippen molar-refractivity contribution < 1.29 is 4.52 Å². The van der Waals surface area contributed by atoms with E-state index in [1.165, 1.54) is 11.1 Å². The molecule has 148 valence electrons. The number of guanidine groups is 1. The van der Waals surface area contributed by atoms with Gasteiger partial charge in [-0.05, 0) is 30.9 Å². The lowest BCUT2D eigenvalue weighted by Gasteiger charge is -2.31. The van der Waals surface area contributed by atoms with E-state index in [9.17, 15) is 0 Å². The molecule has 27 heavy (non-hydrogen) atoms. The lowest BCUT2D eigenvalue weighted by Crippen LogP contribution is -2.44. The first-order valence-electron chi connectivity index (χ1n) is 9.60. The summed E-state index contributed by atoms with van der Waals surface area (Å²) in [5.41, 5.74) is 2.85. The van der Waals surface area contributed by atoms with Gasteiger partial charge in [0, 0.05) is 38.5 Å². The molecule has 1 aromatic heterocycles. The van der Waals surface area contributed by atoms with Gasteiger partial charge in [0.15, 0.2) is 11.8 Å². The normalized spacial score (nSPS) is 14.1. The molecule has 0 radical (unpaired) electrons. The van der Waals surface area contributed by atoms with E-state index in [0.29, 0.717) is 11.8 Å². The molecule has 0 atom stereocenters. The monoisotopic (exact) mass is 483 g/mol. The molecule has 2 heterocycles. The first kappa shape index (κ1) is 21.7. The van der Waals surface area contributed by atoms with Crippen LogP contribution in [-0.4, -0.2) is 40.6 Å². The van der Waals surface area contributed by atoms with Gasteiger partial charge in [-0.3, -0.25) is 4.99 Å². The van der Waals surface area contributed by atoms with E-state index in [1.807, 2.05) is 0 Å². The number of aliphatic imine (C=N–C) groups is 1. The molecular formula is C20H30IN5O. The summed E-state index contributed by atoms with van der Waals surface area (Å²) >= 11 is 0. The van der Waals surface area contributed by atoms with Gasteiger partial charge in [0.2, 0.25) is 5.89 Å². The number of nitrogens with one attached hydrogen (secondary N) is 1. The molecule has 6 nitrogen and oxygen atoms in total. The van der Waals surface area contributed by atoms with Crippen LogP contribution in [0.25, 0.3) is 0 Å². The van der Waals surface area contributed by atoms with E-state index in [0.717, 1.165) is 57.2 Å². The number of hydrogen-bond donors (Lipinski definition) is 1. The Hall–Kier alpha value is -1.64. The van der Waals surface area contributed by atoms with Crippen molar-refractivity contribution in [2.45, 2.75) is 52.5 Å². The Bertz CT molecular complexity index is 743. The van der Waals surface area contributed by atoms with Gasteiger partial charge in [0.05, 0.1) is 0 Å². The Kier molecular flexibility index (Phi) is 8.53. The van der Waals surface area contributed by atoms with Gasteiger partial charge in [-0.15, -0.1) is 24.0 Å². The van der Waals surface area contributed by atoms with Crippen molar-refractivity contribution in [1.82, 2.24) is 20.4 Å². The second-order valence-electron chi connectivity index (χ2n) is 6.98. The van der Waals surface area contributed by atoms with Crippen LogP contribution < -0.4 is 5.32 Å². The van der Waals surface area contributed by atoms with Crippen molar-refractivity contribution in [2.75, 3.05) is 19.6 Å². The third-order valence-corrected chi connectivity index (χ3v) is 4.58. The summed E-state index contributed by atoms with van der Waals surface area (Å²) in [4.78, 5) is 11.6. The third kappa shape index (κ3) is 5.92. The molecule has 2 aromatic rings. The van der Waals surface area contributed by atoms with Crippen LogP contribution in [0.5, 0.6) is 0 Å². The fraction of sp³-hybridized carbons (Fsp3) is 0.550. The van der Waals surface area contributed by atoms with Crippen molar-refractivity contribution in [3.63, 3.8) is 0 Å². The summed E-state index contributed by atoms with van der Waals surface area (Å²) in [5.74, 6) is 2.79. The molecule has 0 amide bonds. The Morgan fingerprint density at radius 1 is 1.30 bits per heavy atom. The topological polar surface area (TPSA) is 66.5 Å². The highest BCUT2D eigenvalue weighted by Gasteiger charge is 2.18. The molecule has 7 heteroatoms. The van der Waals surface area contributed by atoms with Crippen molar-refractivity contribution in [3.8, 4) is 0 Å². The average molecular weight is 483 g/mol. The minimum atomic E-state index is 0. The largest absolute Gasteiger partial charge is 0.357 e. The molecule has 3 rings (SSSR count). The van der Waals surface area contributed by atoms with Crippen LogP contribution in [0, 0.1) is 0 Å². The van der Waals surface area contributed by atoms with E-state index in [4.69, 9.17) is 9.52 Å². The highest BCUT2D eigenvalue weighted by molar-refractivity contribution is 14.0. The van der Waals surface area contributed by atoms with Gasteiger partial charge in [0.25, 0.3) is 0 Å². The highest BCUT2D eigenvalue weighted by atomic mass is 127. The molecule has 1 N–H and O–H groups in total. The Morgan fingerprint density at radius 3 is 2.78 bits per heavy atom. The van der Waals surface area contributed by atoms with Crippen LogP contribution in [0.3, 0.4) is 0 Å². The number of rotatable bonds is 6. The van der Waals surface area contributed by atoms with Gasteiger partial charge in [-0.25, -0.2) is 0 Å². The summed E-state index contributed by atoms with van der Waals surface area (Å²) < 4.78 is 5.30. The first-order valence-corrected chi connectivity index (χ1v) is 9.60. The molecule has 0 unspecified atom stereocenters. The van der Waals surface area contributed by atoms with Crippen molar-refractivity contribution in [3.05, 3.63) is 47.1 Å². The summed E-state index contributed by atoms with van der Waals surface area (Å²) in [6, 6.07) is 8.68. The van der Waals surface area contributed by atoms with E-state index < -0.39 is 0 Å². The Labute approximate surface area is 178 Å². The molecule has 1 aromatic carbocycles. The van der Waals surface area contributed by atoms with Crippen molar-refractivity contribution >= 4 is 29.9 Å². The predicted molar refractivity (Wildman–Crippen MR) is 119 cm³/mol. The van der Waals surface area contributed by atoms with Gasteiger partial charge in [-0.2, -0.15) is 4.98 Å². The molecule has 0 saturated carbocycles. The lowest BCUT2D eigenvalue weighted by molar-refractivity contribution is 0.367. The first-order chi connectivity index (χ1) is 12.7. The Balaban J connectivity index is 0.00000261. The minimum Gasteiger partial charge on any atom is -0.357 e. The smallest absolute Gasteiger partial charge is 0.226 e. The maximum Gasteiger partial charge on any atom is 0.226 e. The number of nitrogens with zero attached hydrogens (tertiary/aromatic N) is 4. The predicted octanol–water partition coefficient (Wildman–Crippen LogP) is 3.77. The van der Waals surface area contributed by atoms with Crippen molar-refractivity contribution in [2.24, 2.45) is 4.99 Å². The summed E-state index contributed by atoms with van der Waals surface area (Å²) in [6.45, 7) is 9.79. The van der Waals surface area contributed by atoms with Crippen LogP contribution in [0.15, 0.2) is 33.8 Å². The van der Waals surface area contributed by atoms with Crippen molar-refractivity contribution in [1.29, 1.82) is 0 Å². The Morgan fingerprint density at radius 2 is 2.07 bits per heavy atom. The van der Waals surface area contributed by atoms with E-state index in [1.54, 1.807) is 0 Å². The molecule has 0 bridgehead atoms. The highest BCUT2D eigenvalue weighted by Crippen LogP contribution is 2.18. The zero-order chi connectivity index (χ0) is 18.4. The summed E-state index contributed by atoms with van der Waals surface area (Å²) in [5, 5.41) is 7.44. The number of fused-ring (bicyclic) bond motifs is 1. The summed E-state index contributed by atoms with van der Waals surface area (Å²) in [6.07, 6.45) is 2.74. The molecule has 0 saturated heterocycles. The maximum atomic E-state index is 5.30. The van der Waals surface area contributed by atoms with E-state index >= 15 is 0 Å².